The average molecular weight is 289 g/mol. The highest BCUT2D eigenvalue weighted by Gasteiger charge is 2.17. The number of para-hydroxylation sites is 1. The molecule has 0 spiro atoms. The lowest BCUT2D eigenvalue weighted by Gasteiger charge is -2.12. The molecule has 0 aliphatic rings. The van der Waals surface area contributed by atoms with E-state index in [4.69, 9.17) is 14.6 Å². The van der Waals surface area contributed by atoms with Crippen LogP contribution in [0.25, 0.3) is 0 Å². The molecule has 0 saturated carbocycles. The second-order valence-electron chi connectivity index (χ2n) is 4.00. The predicted molar refractivity (Wildman–Crippen MR) is 73.1 cm³/mol. The number of methoxy groups -OCH3 is 1. The van der Waals surface area contributed by atoms with Crippen LogP contribution in [0.2, 0.25) is 0 Å². The number of hydrogen-bond donors (Lipinski definition) is 1. The first kappa shape index (κ1) is 14.3. The maximum atomic E-state index is 11.2. The molecule has 0 amide bonds. The van der Waals surface area contributed by atoms with Gasteiger partial charge in [-0.1, -0.05) is 6.07 Å². The van der Waals surface area contributed by atoms with Crippen LogP contribution >= 0.6 is 0 Å². The molecule has 7 nitrogen and oxygen atoms in total. The Hall–Kier alpha value is -3.09. The van der Waals surface area contributed by atoms with Gasteiger partial charge in [-0.05, 0) is 24.3 Å². The molecule has 2 aromatic rings. The molecule has 0 aliphatic heterocycles. The fourth-order valence-electron chi connectivity index (χ4n) is 1.70. The standard InChI is InChI=1S/C14H11NO6/c1-20-12-4-2-3-11(14(16)17)13(12)21-10-7-5-9(6-8-10)15(18)19/h2-8H,1H3,(H,16,17). The molecule has 0 fully saturated rings. The van der Waals surface area contributed by atoms with Crippen LogP contribution in [0.1, 0.15) is 10.4 Å². The Kier molecular flexibility index (Phi) is 4.03. The molecule has 2 aromatic carbocycles. The number of aromatic carboxylic acids is 1. The van der Waals surface area contributed by atoms with Crippen molar-refractivity contribution >= 4 is 11.7 Å². The molecule has 1 N–H and O–H groups in total. The van der Waals surface area contributed by atoms with E-state index in [0.29, 0.717) is 0 Å². The first-order valence-electron chi connectivity index (χ1n) is 5.85. The maximum absolute atomic E-state index is 11.2. The molecule has 0 atom stereocenters. The second-order valence-corrected chi connectivity index (χ2v) is 4.00. The summed E-state index contributed by atoms with van der Waals surface area (Å²) in [5.74, 6) is -0.590. The number of benzene rings is 2. The number of non-ortho nitro benzene ring substituents is 1. The van der Waals surface area contributed by atoms with Crippen molar-refractivity contribution in [2.24, 2.45) is 0 Å². The minimum Gasteiger partial charge on any atom is -0.493 e. The predicted octanol–water partition coefficient (Wildman–Crippen LogP) is 3.09. The van der Waals surface area contributed by atoms with Gasteiger partial charge in [0.05, 0.1) is 12.0 Å². The number of ether oxygens (including phenoxy) is 2. The molecule has 0 bridgehead atoms. The summed E-state index contributed by atoms with van der Waals surface area (Å²) in [5.41, 5.74) is -0.145. The van der Waals surface area contributed by atoms with Gasteiger partial charge in [-0.25, -0.2) is 4.79 Å². The Balaban J connectivity index is 2.38. The van der Waals surface area contributed by atoms with Crippen molar-refractivity contribution in [3.63, 3.8) is 0 Å². The Morgan fingerprint density at radius 1 is 1.19 bits per heavy atom. The van der Waals surface area contributed by atoms with Crippen LogP contribution in [-0.2, 0) is 0 Å². The number of carboxylic acids is 1. The van der Waals surface area contributed by atoms with Gasteiger partial charge < -0.3 is 14.6 Å². The summed E-state index contributed by atoms with van der Waals surface area (Å²) < 4.78 is 10.6. The van der Waals surface area contributed by atoms with E-state index in [1.807, 2.05) is 0 Å². The summed E-state index contributed by atoms with van der Waals surface area (Å²) in [6, 6.07) is 9.78. The van der Waals surface area contributed by atoms with Crippen molar-refractivity contribution < 1.29 is 24.3 Å². The minimum atomic E-state index is -1.16. The zero-order valence-electron chi connectivity index (χ0n) is 11.0. The summed E-state index contributed by atoms with van der Waals surface area (Å²) >= 11 is 0. The largest absolute Gasteiger partial charge is 0.493 e. The van der Waals surface area contributed by atoms with Crippen molar-refractivity contribution in [3.8, 4) is 17.2 Å². The molecule has 0 aromatic heterocycles. The van der Waals surface area contributed by atoms with Gasteiger partial charge in [0, 0.05) is 12.1 Å². The van der Waals surface area contributed by atoms with Crippen LogP contribution in [0.4, 0.5) is 5.69 Å². The Bertz CT molecular complexity index is 680. The van der Waals surface area contributed by atoms with E-state index >= 15 is 0 Å². The summed E-state index contributed by atoms with van der Waals surface area (Å²) in [6.45, 7) is 0. The van der Waals surface area contributed by atoms with Gasteiger partial charge in [-0.3, -0.25) is 10.1 Å². The van der Waals surface area contributed by atoms with Crippen LogP contribution < -0.4 is 9.47 Å². The number of carboxylic acid groups (broad SMARTS) is 1. The lowest BCUT2D eigenvalue weighted by atomic mass is 10.2. The van der Waals surface area contributed by atoms with Crippen LogP contribution in [0.3, 0.4) is 0 Å². The highest BCUT2D eigenvalue weighted by Crippen LogP contribution is 2.35. The lowest BCUT2D eigenvalue weighted by Crippen LogP contribution is -2.02. The number of nitro benzene ring substituents is 1. The smallest absolute Gasteiger partial charge is 0.339 e. The number of nitrogens with zero attached hydrogens (tertiary/aromatic N) is 1. The van der Waals surface area contributed by atoms with Crippen LogP contribution in [0.5, 0.6) is 17.2 Å². The van der Waals surface area contributed by atoms with E-state index in [0.717, 1.165) is 0 Å². The van der Waals surface area contributed by atoms with Gasteiger partial charge in [0.15, 0.2) is 11.5 Å². The highest BCUT2D eigenvalue weighted by atomic mass is 16.6. The fraction of sp³-hybridized carbons (Fsp3) is 0.0714. The van der Waals surface area contributed by atoms with Gasteiger partial charge >= 0.3 is 5.97 Å². The van der Waals surface area contributed by atoms with Crippen LogP contribution in [0.15, 0.2) is 42.5 Å². The number of carbonyl (C=O) groups is 1. The molecule has 0 unspecified atom stereocenters. The minimum absolute atomic E-state index is 0.0429. The van der Waals surface area contributed by atoms with Crippen molar-refractivity contribution in [2.75, 3.05) is 7.11 Å². The fourth-order valence-corrected chi connectivity index (χ4v) is 1.70. The Morgan fingerprint density at radius 2 is 1.86 bits per heavy atom. The first-order valence-corrected chi connectivity index (χ1v) is 5.85. The normalized spacial score (nSPS) is 9.95. The number of hydrogen-bond acceptors (Lipinski definition) is 5. The molecule has 0 heterocycles. The van der Waals surface area contributed by atoms with E-state index in [1.54, 1.807) is 6.07 Å². The zero-order chi connectivity index (χ0) is 15.4. The topological polar surface area (TPSA) is 98.9 Å². The molecule has 2 rings (SSSR count). The average Bonchev–Trinajstić information content (AvgIpc) is 2.47. The second kappa shape index (κ2) is 5.91. The van der Waals surface area contributed by atoms with Crippen molar-refractivity contribution in [2.45, 2.75) is 0 Å². The summed E-state index contributed by atoms with van der Waals surface area (Å²) in [4.78, 5) is 21.2. The molecule has 108 valence electrons. The quantitative estimate of drug-likeness (QED) is 0.670. The monoisotopic (exact) mass is 289 g/mol. The molecule has 0 radical (unpaired) electrons. The molecule has 0 aliphatic carbocycles. The number of rotatable bonds is 5. The van der Waals surface area contributed by atoms with Crippen molar-refractivity contribution in [1.29, 1.82) is 0 Å². The molecule has 0 saturated heterocycles. The SMILES string of the molecule is COc1cccc(C(=O)O)c1Oc1ccc([N+](=O)[O-])cc1. The van der Waals surface area contributed by atoms with E-state index in [9.17, 15) is 14.9 Å². The first-order chi connectivity index (χ1) is 10.0. The van der Waals surface area contributed by atoms with Crippen LogP contribution in [0, 0.1) is 10.1 Å². The third kappa shape index (κ3) is 3.08. The van der Waals surface area contributed by atoms with E-state index < -0.39 is 10.9 Å². The summed E-state index contributed by atoms with van der Waals surface area (Å²) in [5, 5.41) is 19.7. The third-order valence-corrected chi connectivity index (χ3v) is 2.70. The Labute approximate surface area is 119 Å². The van der Waals surface area contributed by atoms with Gasteiger partial charge in [0.2, 0.25) is 0 Å². The van der Waals surface area contributed by atoms with Crippen molar-refractivity contribution in [3.05, 3.63) is 58.1 Å². The molecule has 7 heteroatoms. The zero-order valence-corrected chi connectivity index (χ0v) is 11.0. The molecular weight excluding hydrogens is 278 g/mol. The van der Waals surface area contributed by atoms with Gasteiger partial charge in [-0.2, -0.15) is 0 Å². The van der Waals surface area contributed by atoms with Gasteiger partial charge in [0.1, 0.15) is 11.3 Å². The Morgan fingerprint density at radius 3 is 2.38 bits per heavy atom. The molecule has 21 heavy (non-hydrogen) atoms. The van der Waals surface area contributed by atoms with Crippen molar-refractivity contribution in [1.82, 2.24) is 0 Å². The highest BCUT2D eigenvalue weighted by molar-refractivity contribution is 5.92. The third-order valence-electron chi connectivity index (χ3n) is 2.70. The lowest BCUT2D eigenvalue weighted by molar-refractivity contribution is -0.384. The summed E-state index contributed by atoms with van der Waals surface area (Å²) in [7, 11) is 1.39. The van der Waals surface area contributed by atoms with Gasteiger partial charge in [-0.15, -0.1) is 0 Å². The van der Waals surface area contributed by atoms with E-state index in [-0.39, 0.29) is 28.5 Å². The molecular formula is C14H11NO6. The maximum Gasteiger partial charge on any atom is 0.339 e. The van der Waals surface area contributed by atoms with E-state index in [1.165, 1.54) is 43.5 Å². The van der Waals surface area contributed by atoms with Gasteiger partial charge in [0.25, 0.3) is 5.69 Å². The summed E-state index contributed by atoms with van der Waals surface area (Å²) in [6.07, 6.45) is 0. The van der Waals surface area contributed by atoms with E-state index in [2.05, 4.69) is 0 Å². The van der Waals surface area contributed by atoms with Crippen LogP contribution in [-0.4, -0.2) is 23.1 Å². The number of nitro groups is 1.